The van der Waals surface area contributed by atoms with E-state index in [0.29, 0.717) is 25.2 Å². The second kappa shape index (κ2) is 7.88. The maximum absolute atomic E-state index is 13.8. The molecule has 1 amide bonds. The van der Waals surface area contributed by atoms with Crippen molar-refractivity contribution in [3.63, 3.8) is 0 Å². The van der Waals surface area contributed by atoms with Gasteiger partial charge in [-0.05, 0) is 42.8 Å². The number of rotatable bonds is 4. The number of carbonyl (C=O) groups is 1. The molecule has 1 atom stereocenters. The first-order valence-corrected chi connectivity index (χ1v) is 9.63. The standard InChI is InChI=1S/C19H24BrFN4O/c1-13-18(20)14(2)25(22-13)15(3)19(26)24-10-8-23(9-11-24)12-16-6-4-5-7-17(16)21/h4-7,15H,8-12H2,1-3H3. The Hall–Kier alpha value is -1.73. The number of aromatic nitrogens is 2. The predicted octanol–water partition coefficient (Wildman–Crippen LogP) is 3.31. The van der Waals surface area contributed by atoms with Gasteiger partial charge in [0.05, 0.1) is 15.9 Å². The number of halogens is 2. The van der Waals surface area contributed by atoms with E-state index in [9.17, 15) is 9.18 Å². The average molecular weight is 423 g/mol. The monoisotopic (exact) mass is 422 g/mol. The minimum Gasteiger partial charge on any atom is -0.338 e. The summed E-state index contributed by atoms with van der Waals surface area (Å²) in [6.07, 6.45) is 0. The molecule has 0 saturated carbocycles. The molecule has 0 spiro atoms. The smallest absolute Gasteiger partial charge is 0.247 e. The first-order valence-electron chi connectivity index (χ1n) is 8.84. The summed E-state index contributed by atoms with van der Waals surface area (Å²) in [5, 5.41) is 4.48. The number of amides is 1. The molecular formula is C19H24BrFN4O. The van der Waals surface area contributed by atoms with Gasteiger partial charge >= 0.3 is 0 Å². The third-order valence-electron chi connectivity index (χ3n) is 5.00. The van der Waals surface area contributed by atoms with Crippen molar-refractivity contribution in [2.75, 3.05) is 26.2 Å². The first kappa shape index (κ1) is 19.0. The van der Waals surface area contributed by atoms with E-state index in [1.807, 2.05) is 37.8 Å². The molecule has 1 saturated heterocycles. The van der Waals surface area contributed by atoms with Crippen LogP contribution in [0, 0.1) is 19.7 Å². The third kappa shape index (κ3) is 3.83. The van der Waals surface area contributed by atoms with E-state index in [-0.39, 0.29) is 17.8 Å². The Kier molecular flexibility index (Phi) is 5.77. The molecule has 26 heavy (non-hydrogen) atoms. The zero-order valence-corrected chi connectivity index (χ0v) is 17.0. The van der Waals surface area contributed by atoms with Gasteiger partial charge in [-0.1, -0.05) is 18.2 Å². The van der Waals surface area contributed by atoms with Crippen molar-refractivity contribution >= 4 is 21.8 Å². The van der Waals surface area contributed by atoms with E-state index >= 15 is 0 Å². The molecule has 2 heterocycles. The molecule has 3 rings (SSSR count). The van der Waals surface area contributed by atoms with Gasteiger partial charge in [0.2, 0.25) is 5.91 Å². The number of piperazine rings is 1. The van der Waals surface area contributed by atoms with Gasteiger partial charge in [0, 0.05) is 38.3 Å². The van der Waals surface area contributed by atoms with Crippen LogP contribution in [0.5, 0.6) is 0 Å². The maximum Gasteiger partial charge on any atom is 0.247 e. The van der Waals surface area contributed by atoms with Crippen LogP contribution in [0.3, 0.4) is 0 Å². The zero-order valence-electron chi connectivity index (χ0n) is 15.4. The van der Waals surface area contributed by atoms with Crippen molar-refractivity contribution in [2.45, 2.75) is 33.4 Å². The Morgan fingerprint density at radius 1 is 1.23 bits per heavy atom. The van der Waals surface area contributed by atoms with Crippen molar-refractivity contribution in [3.05, 3.63) is 51.5 Å². The Morgan fingerprint density at radius 2 is 1.88 bits per heavy atom. The van der Waals surface area contributed by atoms with Gasteiger partial charge in [-0.3, -0.25) is 14.4 Å². The van der Waals surface area contributed by atoms with E-state index in [1.165, 1.54) is 6.07 Å². The second-order valence-electron chi connectivity index (χ2n) is 6.80. The molecule has 1 aromatic carbocycles. The lowest BCUT2D eigenvalue weighted by Gasteiger charge is -2.36. The predicted molar refractivity (Wildman–Crippen MR) is 102 cm³/mol. The lowest BCUT2D eigenvalue weighted by atomic mass is 10.1. The number of aryl methyl sites for hydroxylation is 1. The van der Waals surface area contributed by atoms with Crippen LogP contribution < -0.4 is 0 Å². The maximum atomic E-state index is 13.8. The van der Waals surface area contributed by atoms with Crippen LogP contribution in [0.4, 0.5) is 4.39 Å². The van der Waals surface area contributed by atoms with Crippen molar-refractivity contribution in [1.82, 2.24) is 19.6 Å². The molecule has 5 nitrogen and oxygen atoms in total. The largest absolute Gasteiger partial charge is 0.338 e. The highest BCUT2D eigenvalue weighted by molar-refractivity contribution is 9.10. The summed E-state index contributed by atoms with van der Waals surface area (Å²) < 4.78 is 16.5. The molecule has 2 aromatic rings. The van der Waals surface area contributed by atoms with Gasteiger partial charge in [-0.15, -0.1) is 0 Å². The lowest BCUT2D eigenvalue weighted by molar-refractivity contribution is -0.136. The summed E-state index contributed by atoms with van der Waals surface area (Å²) in [5.74, 6) is -0.0941. The average Bonchev–Trinajstić information content (AvgIpc) is 2.90. The number of carbonyl (C=O) groups excluding carboxylic acids is 1. The number of hydrogen-bond donors (Lipinski definition) is 0. The number of nitrogens with zero attached hydrogens (tertiary/aromatic N) is 4. The fraction of sp³-hybridized carbons (Fsp3) is 0.474. The molecule has 0 aliphatic carbocycles. The summed E-state index contributed by atoms with van der Waals surface area (Å²) >= 11 is 3.51. The van der Waals surface area contributed by atoms with E-state index in [2.05, 4.69) is 25.9 Å². The van der Waals surface area contributed by atoms with Gasteiger partial charge in [0.15, 0.2) is 0 Å². The van der Waals surface area contributed by atoms with Crippen molar-refractivity contribution in [2.24, 2.45) is 0 Å². The Morgan fingerprint density at radius 3 is 2.46 bits per heavy atom. The Labute approximate surface area is 161 Å². The van der Waals surface area contributed by atoms with E-state index < -0.39 is 0 Å². The van der Waals surface area contributed by atoms with Gasteiger partial charge in [-0.2, -0.15) is 5.10 Å². The highest BCUT2D eigenvalue weighted by Crippen LogP contribution is 2.24. The summed E-state index contributed by atoms with van der Waals surface area (Å²) in [4.78, 5) is 16.9. The van der Waals surface area contributed by atoms with Crippen LogP contribution in [0.2, 0.25) is 0 Å². The summed E-state index contributed by atoms with van der Waals surface area (Å²) in [6.45, 7) is 9.14. The zero-order chi connectivity index (χ0) is 18.8. The van der Waals surface area contributed by atoms with Crippen molar-refractivity contribution < 1.29 is 9.18 Å². The second-order valence-corrected chi connectivity index (χ2v) is 7.59. The molecule has 1 fully saturated rings. The molecule has 0 bridgehead atoms. The molecule has 1 unspecified atom stereocenters. The fourth-order valence-corrected chi connectivity index (χ4v) is 3.64. The molecule has 1 aromatic heterocycles. The number of benzene rings is 1. The molecule has 0 N–H and O–H groups in total. The SMILES string of the molecule is Cc1nn(C(C)C(=O)N2CCN(Cc3ccccc3F)CC2)c(C)c1Br. The highest BCUT2D eigenvalue weighted by Gasteiger charge is 2.28. The van der Waals surface area contributed by atoms with E-state index in [4.69, 9.17) is 0 Å². The summed E-state index contributed by atoms with van der Waals surface area (Å²) in [5.41, 5.74) is 2.55. The lowest BCUT2D eigenvalue weighted by Crippen LogP contribution is -2.50. The van der Waals surface area contributed by atoms with Gasteiger partial charge < -0.3 is 4.90 Å². The summed E-state index contributed by atoms with van der Waals surface area (Å²) in [6, 6.07) is 6.53. The first-order chi connectivity index (χ1) is 12.4. The topological polar surface area (TPSA) is 41.4 Å². The fourth-order valence-electron chi connectivity index (χ4n) is 3.38. The molecular weight excluding hydrogens is 399 g/mol. The van der Waals surface area contributed by atoms with Crippen molar-refractivity contribution in [3.8, 4) is 0 Å². The minimum atomic E-state index is -0.335. The van der Waals surface area contributed by atoms with Crippen LogP contribution in [0.15, 0.2) is 28.7 Å². The quantitative estimate of drug-likeness (QED) is 0.758. The normalized spacial score (nSPS) is 16.7. The van der Waals surface area contributed by atoms with Crippen LogP contribution in [-0.2, 0) is 11.3 Å². The molecule has 0 radical (unpaired) electrons. The van der Waals surface area contributed by atoms with Crippen molar-refractivity contribution in [1.29, 1.82) is 0 Å². The molecule has 140 valence electrons. The van der Waals surface area contributed by atoms with E-state index in [0.717, 1.165) is 29.0 Å². The van der Waals surface area contributed by atoms with Crippen LogP contribution in [0.1, 0.15) is 29.9 Å². The van der Waals surface area contributed by atoms with Crippen LogP contribution >= 0.6 is 15.9 Å². The number of hydrogen-bond acceptors (Lipinski definition) is 3. The molecule has 7 heteroatoms. The molecule has 1 aliphatic rings. The summed E-state index contributed by atoms with van der Waals surface area (Å²) in [7, 11) is 0. The minimum absolute atomic E-state index is 0.0774. The third-order valence-corrected chi connectivity index (χ3v) is 6.14. The van der Waals surface area contributed by atoms with Crippen LogP contribution in [-0.4, -0.2) is 51.7 Å². The van der Waals surface area contributed by atoms with E-state index in [1.54, 1.807) is 10.7 Å². The van der Waals surface area contributed by atoms with Gasteiger partial charge in [0.25, 0.3) is 0 Å². The van der Waals surface area contributed by atoms with Gasteiger partial charge in [0.1, 0.15) is 11.9 Å². The Balaban J connectivity index is 1.59. The van der Waals surface area contributed by atoms with Crippen LogP contribution in [0.25, 0.3) is 0 Å². The Bertz CT molecular complexity index is 799. The van der Waals surface area contributed by atoms with Gasteiger partial charge in [-0.25, -0.2) is 4.39 Å². The molecule has 1 aliphatic heterocycles. The highest BCUT2D eigenvalue weighted by atomic mass is 79.9.